The molecule has 9 nitrogen and oxygen atoms in total. The Labute approximate surface area is 196 Å². The maximum Gasteiger partial charge on any atom is 0.332 e. The van der Waals surface area contributed by atoms with Crippen molar-refractivity contribution in [3.8, 4) is 5.75 Å². The third-order valence-electron chi connectivity index (χ3n) is 5.71. The molecule has 176 valence electrons. The van der Waals surface area contributed by atoms with Gasteiger partial charge in [0.15, 0.2) is 5.52 Å². The fourth-order valence-corrected chi connectivity index (χ4v) is 3.99. The van der Waals surface area contributed by atoms with Gasteiger partial charge in [0, 0.05) is 13.1 Å². The van der Waals surface area contributed by atoms with E-state index in [9.17, 15) is 14.4 Å². The fourth-order valence-electron chi connectivity index (χ4n) is 3.99. The minimum atomic E-state index is -0.542. The van der Waals surface area contributed by atoms with Crippen LogP contribution in [0.1, 0.15) is 23.7 Å². The Hall–Kier alpha value is -4.14. The lowest BCUT2D eigenvalue weighted by Crippen LogP contribution is -2.43. The molecule has 0 unspecified atom stereocenters. The molecule has 2 aromatic heterocycles. The number of nitrogens with one attached hydrogen (secondary N) is 1. The summed E-state index contributed by atoms with van der Waals surface area (Å²) in [4.78, 5) is 39.6. The van der Waals surface area contributed by atoms with Crippen LogP contribution in [-0.4, -0.2) is 31.9 Å². The number of aryl methyl sites for hydroxylation is 2. The van der Waals surface area contributed by atoms with Gasteiger partial charge in [0.05, 0.1) is 19.3 Å². The molecule has 0 radical (unpaired) electrons. The summed E-state index contributed by atoms with van der Waals surface area (Å²) >= 11 is 0. The predicted octanol–water partition coefficient (Wildman–Crippen LogP) is 2.06. The molecule has 0 aliphatic rings. The predicted molar refractivity (Wildman–Crippen MR) is 129 cm³/mol. The minimum absolute atomic E-state index is 0.107. The summed E-state index contributed by atoms with van der Waals surface area (Å²) in [6.45, 7) is 4.27. The second-order valence-electron chi connectivity index (χ2n) is 7.97. The molecular formula is C25H27N5O4. The highest BCUT2D eigenvalue weighted by molar-refractivity contribution is 5.81. The lowest BCUT2D eigenvalue weighted by atomic mass is 10.2. The highest BCUT2D eigenvalue weighted by Gasteiger charge is 2.21. The van der Waals surface area contributed by atoms with Crippen molar-refractivity contribution >= 4 is 16.9 Å². The van der Waals surface area contributed by atoms with Gasteiger partial charge in [0.2, 0.25) is 5.91 Å². The average molecular weight is 462 g/mol. The van der Waals surface area contributed by atoms with E-state index >= 15 is 0 Å². The first-order valence-corrected chi connectivity index (χ1v) is 11.1. The van der Waals surface area contributed by atoms with Gasteiger partial charge in [-0.25, -0.2) is 4.79 Å². The Morgan fingerprint density at radius 3 is 2.32 bits per heavy atom. The van der Waals surface area contributed by atoms with Crippen molar-refractivity contribution in [2.45, 2.75) is 40.0 Å². The molecule has 2 aromatic carbocycles. The van der Waals surface area contributed by atoms with E-state index < -0.39 is 11.2 Å². The van der Waals surface area contributed by atoms with Gasteiger partial charge < -0.3 is 10.1 Å². The van der Waals surface area contributed by atoms with E-state index in [2.05, 4.69) is 10.4 Å². The first-order chi connectivity index (χ1) is 16.4. The van der Waals surface area contributed by atoms with Crippen molar-refractivity contribution in [1.29, 1.82) is 0 Å². The number of aromatic nitrogens is 4. The van der Waals surface area contributed by atoms with E-state index in [1.807, 2.05) is 61.5 Å². The molecule has 1 amide bonds. The van der Waals surface area contributed by atoms with Gasteiger partial charge >= 0.3 is 5.69 Å². The number of carbonyl (C=O) groups excluding carboxylic acids is 1. The number of methoxy groups -OCH3 is 1. The van der Waals surface area contributed by atoms with Gasteiger partial charge in [-0.1, -0.05) is 42.5 Å². The summed E-state index contributed by atoms with van der Waals surface area (Å²) in [7, 11) is 1.59. The molecule has 4 rings (SSSR count). The number of rotatable bonds is 8. The topological polar surface area (TPSA) is 100 Å². The van der Waals surface area contributed by atoms with Crippen LogP contribution in [0.15, 0.2) is 64.2 Å². The number of fused-ring (bicyclic) bond motifs is 1. The van der Waals surface area contributed by atoms with Crippen molar-refractivity contribution in [3.05, 3.63) is 92.3 Å². The number of hydrogen-bond donors (Lipinski definition) is 1. The molecule has 0 fully saturated rings. The third kappa shape index (κ3) is 4.50. The quantitative estimate of drug-likeness (QED) is 0.433. The molecule has 9 heteroatoms. The normalized spacial score (nSPS) is 11.0. The highest BCUT2D eigenvalue weighted by atomic mass is 16.5. The number of ether oxygens (including phenoxy) is 1. The molecular weight excluding hydrogens is 434 g/mol. The van der Waals surface area contributed by atoms with E-state index in [0.29, 0.717) is 29.8 Å². The van der Waals surface area contributed by atoms with Gasteiger partial charge in [-0.05, 0) is 37.1 Å². The monoisotopic (exact) mass is 461 g/mol. The third-order valence-corrected chi connectivity index (χ3v) is 5.71. The first kappa shape index (κ1) is 23.0. The van der Waals surface area contributed by atoms with E-state index in [1.165, 1.54) is 9.13 Å². The largest absolute Gasteiger partial charge is 0.497 e. The zero-order chi connectivity index (χ0) is 24.2. The van der Waals surface area contributed by atoms with E-state index in [1.54, 1.807) is 18.7 Å². The van der Waals surface area contributed by atoms with Crippen LogP contribution >= 0.6 is 0 Å². The lowest BCUT2D eigenvalue weighted by molar-refractivity contribution is -0.121. The number of nitrogens with zero attached hydrogens (tertiary/aromatic N) is 4. The second kappa shape index (κ2) is 9.78. The van der Waals surface area contributed by atoms with Crippen LogP contribution in [0.3, 0.4) is 0 Å². The maximum atomic E-state index is 13.4. The van der Waals surface area contributed by atoms with Crippen molar-refractivity contribution < 1.29 is 9.53 Å². The smallest absolute Gasteiger partial charge is 0.332 e. The van der Waals surface area contributed by atoms with Gasteiger partial charge in [-0.3, -0.25) is 23.4 Å². The summed E-state index contributed by atoms with van der Waals surface area (Å²) in [6.07, 6.45) is 0. The van der Waals surface area contributed by atoms with Crippen LogP contribution in [-0.2, 0) is 31.0 Å². The zero-order valence-corrected chi connectivity index (χ0v) is 19.4. The fraction of sp³-hybridized carbons (Fsp3) is 0.280. The summed E-state index contributed by atoms with van der Waals surface area (Å²) in [5, 5.41) is 7.28. The Kier molecular flexibility index (Phi) is 6.62. The number of carbonyl (C=O) groups is 1. The van der Waals surface area contributed by atoms with Crippen molar-refractivity contribution in [1.82, 2.24) is 24.2 Å². The minimum Gasteiger partial charge on any atom is -0.497 e. The highest BCUT2D eigenvalue weighted by Crippen LogP contribution is 2.14. The lowest BCUT2D eigenvalue weighted by Gasteiger charge is -2.13. The Bertz CT molecular complexity index is 1430. The number of benzene rings is 2. The Morgan fingerprint density at radius 2 is 1.68 bits per heavy atom. The van der Waals surface area contributed by atoms with Crippen molar-refractivity contribution in [2.24, 2.45) is 0 Å². The van der Waals surface area contributed by atoms with E-state index in [4.69, 9.17) is 4.74 Å². The molecule has 4 aromatic rings. The van der Waals surface area contributed by atoms with E-state index in [0.717, 1.165) is 16.9 Å². The van der Waals surface area contributed by atoms with E-state index in [-0.39, 0.29) is 19.0 Å². The first-order valence-electron chi connectivity index (χ1n) is 11.1. The van der Waals surface area contributed by atoms with Crippen LogP contribution in [0, 0.1) is 6.92 Å². The number of hydrogen-bond acceptors (Lipinski definition) is 5. The molecule has 0 saturated carbocycles. The zero-order valence-electron chi connectivity index (χ0n) is 19.4. The summed E-state index contributed by atoms with van der Waals surface area (Å²) in [6, 6.07) is 16.6. The molecule has 0 spiro atoms. The molecule has 0 saturated heterocycles. The van der Waals surface area contributed by atoms with Crippen LogP contribution in [0.25, 0.3) is 11.0 Å². The molecule has 34 heavy (non-hydrogen) atoms. The van der Waals surface area contributed by atoms with Gasteiger partial charge in [0.25, 0.3) is 5.56 Å². The molecule has 0 aliphatic heterocycles. The van der Waals surface area contributed by atoms with Crippen LogP contribution in [0.2, 0.25) is 0 Å². The maximum absolute atomic E-state index is 13.4. The average Bonchev–Trinajstić information content (AvgIpc) is 3.20. The Balaban J connectivity index is 1.70. The molecule has 0 bridgehead atoms. The molecule has 1 N–H and O–H groups in total. The van der Waals surface area contributed by atoms with Gasteiger partial charge in [-0.15, -0.1) is 0 Å². The SMILES string of the molecule is CCn1nc(C)c2c1c(=O)n(Cc1ccccc1)c(=O)n2CC(=O)NCc1ccc(OC)cc1. The molecule has 0 aliphatic carbocycles. The molecule has 0 atom stereocenters. The standard InChI is InChI=1S/C25H27N5O4/c1-4-30-23-22(17(2)27-30)28(16-21(31)26-14-18-10-12-20(34-3)13-11-18)25(33)29(24(23)32)15-19-8-6-5-7-9-19/h5-13H,4,14-16H2,1-3H3,(H,26,31). The van der Waals surface area contributed by atoms with Crippen LogP contribution < -0.4 is 21.3 Å². The number of amides is 1. The van der Waals surface area contributed by atoms with Crippen molar-refractivity contribution in [2.75, 3.05) is 7.11 Å². The van der Waals surface area contributed by atoms with Gasteiger partial charge in [0.1, 0.15) is 17.8 Å². The summed E-state index contributed by atoms with van der Waals surface area (Å²) in [5.74, 6) is 0.390. The summed E-state index contributed by atoms with van der Waals surface area (Å²) in [5.41, 5.74) is 1.99. The van der Waals surface area contributed by atoms with Crippen LogP contribution in [0.4, 0.5) is 0 Å². The second-order valence-corrected chi connectivity index (χ2v) is 7.97. The van der Waals surface area contributed by atoms with Crippen molar-refractivity contribution in [3.63, 3.8) is 0 Å². The van der Waals surface area contributed by atoms with Gasteiger partial charge in [-0.2, -0.15) is 5.10 Å². The Morgan fingerprint density at radius 1 is 0.971 bits per heavy atom. The molecule has 2 heterocycles. The summed E-state index contributed by atoms with van der Waals surface area (Å²) < 4.78 is 9.25. The van der Waals surface area contributed by atoms with Crippen LogP contribution in [0.5, 0.6) is 5.75 Å².